The summed E-state index contributed by atoms with van der Waals surface area (Å²) >= 11 is 0. The van der Waals surface area contributed by atoms with E-state index in [-0.39, 0.29) is 24.3 Å². The second-order valence-corrected chi connectivity index (χ2v) is 7.61. The summed E-state index contributed by atoms with van der Waals surface area (Å²) in [5.74, 6) is -0.405. The molecule has 2 rings (SSSR count). The van der Waals surface area contributed by atoms with E-state index in [2.05, 4.69) is 16.0 Å². The van der Waals surface area contributed by atoms with Crippen molar-refractivity contribution in [3.8, 4) is 0 Å². The van der Waals surface area contributed by atoms with Gasteiger partial charge in [-0.25, -0.2) is 0 Å². The van der Waals surface area contributed by atoms with Crippen molar-refractivity contribution in [1.82, 2.24) is 10.2 Å². The van der Waals surface area contributed by atoms with Crippen molar-refractivity contribution in [3.05, 3.63) is 59.7 Å². The van der Waals surface area contributed by atoms with Gasteiger partial charge in [-0.2, -0.15) is 0 Å². The molecule has 0 saturated carbocycles. The van der Waals surface area contributed by atoms with Crippen molar-refractivity contribution in [2.75, 3.05) is 36.8 Å². The minimum absolute atomic E-state index is 0.0268. The van der Waals surface area contributed by atoms with Crippen LogP contribution >= 0.6 is 0 Å². The number of amides is 3. The molecule has 2 aromatic carbocycles. The van der Waals surface area contributed by atoms with Gasteiger partial charge in [-0.1, -0.05) is 32.9 Å². The van der Waals surface area contributed by atoms with Gasteiger partial charge >= 0.3 is 0 Å². The molecule has 7 heteroatoms. The fourth-order valence-electron chi connectivity index (χ4n) is 3.27. The van der Waals surface area contributed by atoms with Crippen LogP contribution in [0, 0.1) is 0 Å². The van der Waals surface area contributed by atoms with Gasteiger partial charge in [0.2, 0.25) is 5.91 Å². The molecule has 7 nitrogen and oxygen atoms in total. The van der Waals surface area contributed by atoms with Crippen LogP contribution in [0.25, 0.3) is 0 Å². The molecule has 0 aliphatic heterocycles. The Morgan fingerprint density at radius 2 is 1.44 bits per heavy atom. The first-order valence-corrected chi connectivity index (χ1v) is 11.3. The van der Waals surface area contributed by atoms with Gasteiger partial charge in [0.1, 0.15) is 0 Å². The first-order chi connectivity index (χ1) is 15.5. The number of carbonyl (C=O) groups is 3. The molecule has 0 saturated heterocycles. The van der Waals surface area contributed by atoms with E-state index in [1.807, 2.05) is 25.7 Å². The third-order valence-electron chi connectivity index (χ3n) is 4.78. The molecule has 172 valence electrons. The predicted octanol–water partition coefficient (Wildman–Crippen LogP) is 4.14. The molecule has 0 bridgehead atoms. The summed E-state index contributed by atoms with van der Waals surface area (Å²) < 4.78 is 0. The Balaban J connectivity index is 1.96. The second-order valence-electron chi connectivity index (χ2n) is 7.61. The Morgan fingerprint density at radius 3 is 2.09 bits per heavy atom. The monoisotopic (exact) mass is 438 g/mol. The van der Waals surface area contributed by atoms with Gasteiger partial charge in [-0.3, -0.25) is 14.4 Å². The van der Waals surface area contributed by atoms with E-state index in [1.165, 1.54) is 0 Å². The average Bonchev–Trinajstić information content (AvgIpc) is 2.81. The zero-order valence-electron chi connectivity index (χ0n) is 19.2. The largest absolute Gasteiger partial charge is 0.376 e. The normalized spacial score (nSPS) is 10.3. The number of benzene rings is 2. The lowest BCUT2D eigenvalue weighted by Crippen LogP contribution is -2.32. The van der Waals surface area contributed by atoms with Crippen LogP contribution in [0.2, 0.25) is 0 Å². The zero-order chi connectivity index (χ0) is 23.3. The maximum absolute atomic E-state index is 12.8. The quantitative estimate of drug-likeness (QED) is 0.465. The van der Waals surface area contributed by atoms with E-state index in [0.717, 1.165) is 19.3 Å². The minimum Gasteiger partial charge on any atom is -0.376 e. The lowest BCUT2D eigenvalue weighted by molar-refractivity contribution is -0.114. The maximum Gasteiger partial charge on any atom is 0.253 e. The topological polar surface area (TPSA) is 90.5 Å². The summed E-state index contributed by atoms with van der Waals surface area (Å²) in [4.78, 5) is 39.2. The van der Waals surface area contributed by atoms with E-state index >= 15 is 0 Å². The molecule has 3 N–H and O–H groups in total. The zero-order valence-corrected chi connectivity index (χ0v) is 19.2. The Kier molecular flexibility index (Phi) is 10.2. The molecule has 0 fully saturated rings. The highest BCUT2D eigenvalue weighted by molar-refractivity contribution is 5.98. The van der Waals surface area contributed by atoms with Crippen LogP contribution in [-0.2, 0) is 4.79 Å². The fraction of sp³-hybridized carbons (Fsp3) is 0.400. The number of hydrogen-bond acceptors (Lipinski definition) is 4. The Labute approximate surface area is 190 Å². The Hall–Kier alpha value is -3.35. The van der Waals surface area contributed by atoms with Gasteiger partial charge in [-0.15, -0.1) is 0 Å². The molecule has 0 atom stereocenters. The van der Waals surface area contributed by atoms with Crippen LogP contribution in [0.15, 0.2) is 48.5 Å². The standard InChI is InChI=1S/C25H34N4O3/c1-4-13-26-24(31)19-9-7-11-21(16-19)27-18-23(30)28-22-12-8-10-20(17-22)25(32)29(14-5-2)15-6-3/h7-12,16-17,27H,4-6,13-15,18H2,1-3H3,(H,26,31)(H,28,30). The summed E-state index contributed by atoms with van der Waals surface area (Å²) in [5.41, 5.74) is 2.36. The van der Waals surface area contributed by atoms with Gasteiger partial charge in [0.05, 0.1) is 6.54 Å². The molecule has 0 heterocycles. The highest BCUT2D eigenvalue weighted by Gasteiger charge is 2.15. The Morgan fingerprint density at radius 1 is 0.812 bits per heavy atom. The van der Waals surface area contributed by atoms with Crippen molar-refractivity contribution in [1.29, 1.82) is 0 Å². The fourth-order valence-corrected chi connectivity index (χ4v) is 3.27. The van der Waals surface area contributed by atoms with Crippen LogP contribution in [0.4, 0.5) is 11.4 Å². The van der Waals surface area contributed by atoms with E-state index in [1.54, 1.807) is 48.5 Å². The van der Waals surface area contributed by atoms with Gasteiger partial charge in [-0.05, 0) is 55.7 Å². The minimum atomic E-state index is -0.241. The van der Waals surface area contributed by atoms with Gasteiger partial charge in [0, 0.05) is 42.1 Å². The third-order valence-corrected chi connectivity index (χ3v) is 4.78. The molecule has 32 heavy (non-hydrogen) atoms. The third kappa shape index (κ3) is 7.72. The molecule has 0 radical (unpaired) electrons. The summed E-state index contributed by atoms with van der Waals surface area (Å²) in [7, 11) is 0. The number of anilines is 2. The van der Waals surface area contributed by atoms with Crippen molar-refractivity contribution < 1.29 is 14.4 Å². The first-order valence-electron chi connectivity index (χ1n) is 11.3. The van der Waals surface area contributed by atoms with Gasteiger partial charge in [0.15, 0.2) is 0 Å². The van der Waals surface area contributed by atoms with Crippen LogP contribution in [-0.4, -0.2) is 48.8 Å². The van der Waals surface area contributed by atoms with Gasteiger partial charge in [0.25, 0.3) is 11.8 Å². The molecule has 0 unspecified atom stereocenters. The molecular weight excluding hydrogens is 404 g/mol. The average molecular weight is 439 g/mol. The SMILES string of the molecule is CCCNC(=O)c1cccc(NCC(=O)Nc2cccc(C(=O)N(CCC)CCC)c2)c1. The van der Waals surface area contributed by atoms with E-state index < -0.39 is 0 Å². The Bertz CT molecular complexity index is 908. The van der Waals surface area contributed by atoms with Crippen molar-refractivity contribution in [2.24, 2.45) is 0 Å². The van der Waals surface area contributed by atoms with Crippen molar-refractivity contribution in [3.63, 3.8) is 0 Å². The molecule has 3 amide bonds. The van der Waals surface area contributed by atoms with Gasteiger partial charge < -0.3 is 20.9 Å². The number of hydrogen-bond donors (Lipinski definition) is 3. The maximum atomic E-state index is 12.8. The lowest BCUT2D eigenvalue weighted by Gasteiger charge is -2.21. The lowest BCUT2D eigenvalue weighted by atomic mass is 10.1. The van der Waals surface area contributed by atoms with Crippen LogP contribution in [0.1, 0.15) is 60.7 Å². The molecular formula is C25H34N4O3. The second kappa shape index (κ2) is 13.1. The molecule has 2 aromatic rings. The number of nitrogens with one attached hydrogen (secondary N) is 3. The summed E-state index contributed by atoms with van der Waals surface area (Å²) in [6.07, 6.45) is 2.66. The first kappa shape index (κ1) is 24.9. The summed E-state index contributed by atoms with van der Waals surface area (Å²) in [6.45, 7) is 8.17. The summed E-state index contributed by atoms with van der Waals surface area (Å²) in [5, 5.41) is 8.70. The van der Waals surface area contributed by atoms with E-state index in [4.69, 9.17) is 0 Å². The van der Waals surface area contributed by atoms with E-state index in [0.29, 0.717) is 42.1 Å². The van der Waals surface area contributed by atoms with Crippen LogP contribution < -0.4 is 16.0 Å². The predicted molar refractivity (Wildman–Crippen MR) is 129 cm³/mol. The molecule has 0 spiro atoms. The molecule has 0 aliphatic carbocycles. The number of carbonyl (C=O) groups excluding carboxylic acids is 3. The number of rotatable bonds is 12. The van der Waals surface area contributed by atoms with E-state index in [9.17, 15) is 14.4 Å². The van der Waals surface area contributed by atoms with Crippen molar-refractivity contribution >= 4 is 29.1 Å². The highest BCUT2D eigenvalue weighted by Crippen LogP contribution is 2.14. The smallest absolute Gasteiger partial charge is 0.253 e. The number of nitrogens with zero attached hydrogens (tertiary/aromatic N) is 1. The molecule has 0 aromatic heterocycles. The van der Waals surface area contributed by atoms with Crippen LogP contribution in [0.3, 0.4) is 0 Å². The summed E-state index contributed by atoms with van der Waals surface area (Å²) in [6, 6.07) is 14.0. The van der Waals surface area contributed by atoms with Crippen LogP contribution in [0.5, 0.6) is 0 Å². The highest BCUT2D eigenvalue weighted by atomic mass is 16.2. The molecule has 0 aliphatic rings. The van der Waals surface area contributed by atoms with Crippen molar-refractivity contribution in [2.45, 2.75) is 40.0 Å².